The molecule has 2 nitrogen and oxygen atoms in total. The number of aryl methyl sites for hydroxylation is 1. The van der Waals surface area contributed by atoms with Crippen molar-refractivity contribution in [2.45, 2.75) is 6.92 Å². The number of hydrogen-bond acceptors (Lipinski definition) is 1. The van der Waals surface area contributed by atoms with Gasteiger partial charge >= 0.3 is 0 Å². The summed E-state index contributed by atoms with van der Waals surface area (Å²) in [5, 5.41) is 9.96. The Balaban J connectivity index is 2.69. The molecule has 0 heterocycles. The van der Waals surface area contributed by atoms with Crippen molar-refractivity contribution in [1.82, 2.24) is 0 Å². The molecule has 0 N–H and O–H groups in total. The molecule has 53 valence electrons. The minimum atomic E-state index is -0.511. The SMILES string of the molecule is Cc1ccc(OC[O])cc1. The smallest absolute Gasteiger partial charge is 0.221 e. The Morgan fingerprint density at radius 1 is 1.30 bits per heavy atom. The second kappa shape index (κ2) is 3.22. The first-order valence-corrected chi connectivity index (χ1v) is 3.10. The Labute approximate surface area is 60.1 Å². The summed E-state index contributed by atoms with van der Waals surface area (Å²) >= 11 is 0. The Hall–Kier alpha value is -1.02. The maximum atomic E-state index is 9.96. The summed E-state index contributed by atoms with van der Waals surface area (Å²) in [7, 11) is 0. The topological polar surface area (TPSA) is 29.1 Å². The highest BCUT2D eigenvalue weighted by molar-refractivity contribution is 5.25. The third kappa shape index (κ3) is 1.74. The molecule has 0 amide bonds. The van der Waals surface area contributed by atoms with E-state index < -0.39 is 6.79 Å². The van der Waals surface area contributed by atoms with E-state index in [1.807, 2.05) is 19.1 Å². The predicted molar refractivity (Wildman–Crippen MR) is 37.4 cm³/mol. The zero-order valence-electron chi connectivity index (χ0n) is 5.83. The average molecular weight is 137 g/mol. The Kier molecular flexibility index (Phi) is 2.29. The molecule has 0 spiro atoms. The van der Waals surface area contributed by atoms with Crippen LogP contribution in [0.4, 0.5) is 0 Å². The lowest BCUT2D eigenvalue weighted by Gasteiger charge is -1.99. The maximum Gasteiger partial charge on any atom is 0.221 e. The third-order valence-corrected chi connectivity index (χ3v) is 1.25. The van der Waals surface area contributed by atoms with Gasteiger partial charge in [0.2, 0.25) is 6.79 Å². The molecule has 0 bridgehead atoms. The van der Waals surface area contributed by atoms with Gasteiger partial charge in [0.1, 0.15) is 5.75 Å². The van der Waals surface area contributed by atoms with E-state index in [1.54, 1.807) is 12.1 Å². The van der Waals surface area contributed by atoms with E-state index in [9.17, 15) is 5.11 Å². The minimum absolute atomic E-state index is 0.511. The highest BCUT2D eigenvalue weighted by Gasteiger charge is 1.89. The second-order valence-electron chi connectivity index (χ2n) is 2.08. The summed E-state index contributed by atoms with van der Waals surface area (Å²) in [6, 6.07) is 7.39. The predicted octanol–water partition coefficient (Wildman–Crippen LogP) is 1.76. The van der Waals surface area contributed by atoms with Gasteiger partial charge < -0.3 is 4.74 Å². The van der Waals surface area contributed by atoms with Gasteiger partial charge in [0, 0.05) is 0 Å². The molecule has 1 rings (SSSR count). The van der Waals surface area contributed by atoms with Gasteiger partial charge in [0.05, 0.1) is 0 Å². The van der Waals surface area contributed by atoms with Crippen LogP contribution in [-0.2, 0) is 5.11 Å². The van der Waals surface area contributed by atoms with Gasteiger partial charge in [0.25, 0.3) is 0 Å². The van der Waals surface area contributed by atoms with Crippen molar-refractivity contribution in [3.05, 3.63) is 29.8 Å². The highest BCUT2D eigenvalue weighted by atomic mass is 16.6. The van der Waals surface area contributed by atoms with Crippen LogP contribution in [0.2, 0.25) is 0 Å². The average Bonchev–Trinajstić information content (AvgIpc) is 1.95. The lowest BCUT2D eigenvalue weighted by molar-refractivity contribution is 0.0376. The van der Waals surface area contributed by atoms with E-state index in [2.05, 4.69) is 0 Å². The minimum Gasteiger partial charge on any atom is -0.465 e. The van der Waals surface area contributed by atoms with Gasteiger partial charge in [-0.2, -0.15) is 5.11 Å². The molecule has 10 heavy (non-hydrogen) atoms. The monoisotopic (exact) mass is 137 g/mol. The number of rotatable bonds is 2. The first kappa shape index (κ1) is 7.09. The summed E-state index contributed by atoms with van der Waals surface area (Å²) in [4.78, 5) is 0. The molecule has 0 aromatic heterocycles. The van der Waals surface area contributed by atoms with Crippen molar-refractivity contribution >= 4 is 0 Å². The van der Waals surface area contributed by atoms with Gasteiger partial charge in [-0.25, -0.2) is 0 Å². The lowest BCUT2D eigenvalue weighted by atomic mass is 10.2. The molecule has 0 unspecified atom stereocenters. The van der Waals surface area contributed by atoms with Crippen LogP contribution < -0.4 is 4.74 Å². The first-order chi connectivity index (χ1) is 4.83. The number of benzene rings is 1. The van der Waals surface area contributed by atoms with Crippen molar-refractivity contribution in [3.63, 3.8) is 0 Å². The van der Waals surface area contributed by atoms with E-state index in [0.29, 0.717) is 5.75 Å². The lowest BCUT2D eigenvalue weighted by Crippen LogP contribution is -1.91. The van der Waals surface area contributed by atoms with Crippen LogP contribution in [0, 0.1) is 6.92 Å². The molecule has 0 aliphatic heterocycles. The van der Waals surface area contributed by atoms with Crippen LogP contribution >= 0.6 is 0 Å². The first-order valence-electron chi connectivity index (χ1n) is 3.10. The standard InChI is InChI=1S/C8H9O2/c1-7-2-4-8(5-3-7)10-6-9/h2-5H,6H2,1H3. The fourth-order valence-corrected chi connectivity index (χ4v) is 0.703. The molecule has 0 saturated heterocycles. The molecule has 0 saturated carbocycles. The Bertz CT molecular complexity index is 191. The van der Waals surface area contributed by atoms with Crippen molar-refractivity contribution in [2.24, 2.45) is 0 Å². The summed E-state index contributed by atoms with van der Waals surface area (Å²) in [5.41, 5.74) is 1.17. The fourth-order valence-electron chi connectivity index (χ4n) is 0.703. The Morgan fingerprint density at radius 3 is 2.40 bits per heavy atom. The Morgan fingerprint density at radius 2 is 1.90 bits per heavy atom. The van der Waals surface area contributed by atoms with Crippen molar-refractivity contribution in [1.29, 1.82) is 0 Å². The summed E-state index contributed by atoms with van der Waals surface area (Å²) in [5.74, 6) is 0.639. The summed E-state index contributed by atoms with van der Waals surface area (Å²) in [6.07, 6.45) is 0. The molecule has 0 aliphatic carbocycles. The van der Waals surface area contributed by atoms with E-state index in [4.69, 9.17) is 4.74 Å². The summed E-state index contributed by atoms with van der Waals surface area (Å²) < 4.78 is 4.71. The molecular formula is C8H9O2. The van der Waals surface area contributed by atoms with E-state index in [-0.39, 0.29) is 0 Å². The summed E-state index contributed by atoms with van der Waals surface area (Å²) in [6.45, 7) is 1.48. The van der Waals surface area contributed by atoms with E-state index in [1.165, 1.54) is 5.56 Å². The van der Waals surface area contributed by atoms with Crippen LogP contribution in [0.25, 0.3) is 0 Å². The molecule has 0 aliphatic rings. The van der Waals surface area contributed by atoms with Crippen LogP contribution in [0.3, 0.4) is 0 Å². The third-order valence-electron chi connectivity index (χ3n) is 1.25. The van der Waals surface area contributed by atoms with E-state index >= 15 is 0 Å². The fraction of sp³-hybridized carbons (Fsp3) is 0.250. The largest absolute Gasteiger partial charge is 0.465 e. The van der Waals surface area contributed by atoms with E-state index in [0.717, 1.165) is 0 Å². The van der Waals surface area contributed by atoms with Crippen molar-refractivity contribution in [2.75, 3.05) is 6.79 Å². The molecule has 0 fully saturated rings. The van der Waals surface area contributed by atoms with Crippen molar-refractivity contribution < 1.29 is 9.84 Å². The molecule has 1 aromatic carbocycles. The van der Waals surface area contributed by atoms with Crippen LogP contribution in [0.15, 0.2) is 24.3 Å². The molecule has 2 heteroatoms. The van der Waals surface area contributed by atoms with Crippen molar-refractivity contribution in [3.8, 4) is 5.75 Å². The maximum absolute atomic E-state index is 9.96. The molecule has 1 aromatic rings. The number of hydrogen-bond donors (Lipinski definition) is 0. The van der Waals surface area contributed by atoms with Crippen LogP contribution in [-0.4, -0.2) is 6.79 Å². The normalized spacial score (nSPS) is 9.40. The van der Waals surface area contributed by atoms with Crippen LogP contribution in [0.5, 0.6) is 5.75 Å². The van der Waals surface area contributed by atoms with Crippen LogP contribution in [0.1, 0.15) is 5.56 Å². The van der Waals surface area contributed by atoms with Gasteiger partial charge in [-0.15, -0.1) is 0 Å². The number of ether oxygens (including phenoxy) is 1. The molecule has 0 atom stereocenters. The molecule has 1 radical (unpaired) electrons. The quantitative estimate of drug-likeness (QED) is 0.571. The zero-order valence-corrected chi connectivity index (χ0v) is 5.83. The molecular weight excluding hydrogens is 128 g/mol. The second-order valence-corrected chi connectivity index (χ2v) is 2.08. The van der Waals surface area contributed by atoms with Gasteiger partial charge in [-0.1, -0.05) is 17.7 Å². The van der Waals surface area contributed by atoms with Gasteiger partial charge in [-0.05, 0) is 19.1 Å². The zero-order chi connectivity index (χ0) is 7.40. The van der Waals surface area contributed by atoms with Gasteiger partial charge in [-0.3, -0.25) is 0 Å². The highest BCUT2D eigenvalue weighted by Crippen LogP contribution is 2.10. The van der Waals surface area contributed by atoms with Gasteiger partial charge in [0.15, 0.2) is 0 Å².